The van der Waals surface area contributed by atoms with Gasteiger partial charge in [0.2, 0.25) is 0 Å². The van der Waals surface area contributed by atoms with Gasteiger partial charge in [0, 0.05) is 10.6 Å². The number of hydrazone groups is 1. The summed E-state index contributed by atoms with van der Waals surface area (Å²) in [5, 5.41) is 15.6. The molecule has 0 saturated carbocycles. The number of tetrazole rings is 1. The van der Waals surface area contributed by atoms with E-state index in [1.54, 1.807) is 28.9 Å². The molecule has 120 valence electrons. The predicted octanol–water partition coefficient (Wildman–Crippen LogP) is 2.47. The lowest BCUT2D eigenvalue weighted by Crippen LogP contribution is -2.19. The molecular weight excluding hydrogens is 328 g/mol. The van der Waals surface area contributed by atoms with Crippen molar-refractivity contribution in [3.05, 3.63) is 71.0 Å². The summed E-state index contributed by atoms with van der Waals surface area (Å²) in [5.41, 5.74) is 5.35. The molecule has 0 aliphatic rings. The number of hydrogen-bond donors (Lipinski definition) is 1. The topological polar surface area (TPSA) is 85.1 Å². The molecule has 0 radical (unpaired) electrons. The fourth-order valence-electron chi connectivity index (χ4n) is 2.03. The molecule has 0 spiro atoms. The molecule has 1 N–H and O–H groups in total. The molecule has 0 fully saturated rings. The van der Waals surface area contributed by atoms with Crippen LogP contribution in [0.5, 0.6) is 0 Å². The van der Waals surface area contributed by atoms with Crippen LogP contribution in [0.15, 0.2) is 60.0 Å². The van der Waals surface area contributed by atoms with Crippen molar-refractivity contribution in [2.75, 3.05) is 0 Å². The number of nitrogens with zero attached hydrogens (tertiary/aromatic N) is 5. The molecule has 24 heavy (non-hydrogen) atoms. The van der Waals surface area contributed by atoms with Crippen LogP contribution in [-0.4, -0.2) is 31.8 Å². The smallest absolute Gasteiger partial charge is 0.267 e. The highest BCUT2D eigenvalue weighted by Crippen LogP contribution is 2.11. The average molecular weight is 341 g/mol. The lowest BCUT2D eigenvalue weighted by Gasteiger charge is -2.05. The first-order valence-electron chi connectivity index (χ1n) is 7.07. The second-order valence-electron chi connectivity index (χ2n) is 4.95. The number of halogens is 1. The van der Waals surface area contributed by atoms with Crippen LogP contribution in [0.2, 0.25) is 5.02 Å². The van der Waals surface area contributed by atoms with Gasteiger partial charge in [-0.05, 0) is 53.2 Å². The van der Waals surface area contributed by atoms with Gasteiger partial charge in [0.05, 0.1) is 11.4 Å². The van der Waals surface area contributed by atoms with Crippen LogP contribution >= 0.6 is 11.6 Å². The summed E-state index contributed by atoms with van der Waals surface area (Å²) in [7, 11) is 0. The molecule has 1 aromatic heterocycles. The van der Waals surface area contributed by atoms with Gasteiger partial charge in [0.25, 0.3) is 5.91 Å². The Morgan fingerprint density at radius 2 is 1.96 bits per heavy atom. The van der Waals surface area contributed by atoms with E-state index in [1.807, 2.05) is 31.2 Å². The number of aromatic nitrogens is 4. The van der Waals surface area contributed by atoms with Crippen LogP contribution in [0.1, 0.15) is 22.8 Å². The quantitative estimate of drug-likeness (QED) is 0.584. The van der Waals surface area contributed by atoms with E-state index in [-0.39, 0.29) is 5.91 Å². The van der Waals surface area contributed by atoms with Gasteiger partial charge in [-0.15, -0.1) is 5.10 Å². The van der Waals surface area contributed by atoms with Gasteiger partial charge in [0.15, 0.2) is 0 Å². The monoisotopic (exact) mass is 340 g/mol. The third-order valence-electron chi connectivity index (χ3n) is 3.31. The Kier molecular flexibility index (Phi) is 4.62. The van der Waals surface area contributed by atoms with Gasteiger partial charge >= 0.3 is 0 Å². The fraction of sp³-hybridized carbons (Fsp3) is 0.0625. The Balaban J connectivity index is 1.70. The molecule has 1 heterocycles. The second-order valence-corrected chi connectivity index (χ2v) is 5.39. The summed E-state index contributed by atoms with van der Waals surface area (Å²) < 4.78 is 1.55. The summed E-state index contributed by atoms with van der Waals surface area (Å²) in [6.07, 6.45) is 1.52. The lowest BCUT2D eigenvalue weighted by atomic mass is 10.1. The number of amides is 1. The van der Waals surface area contributed by atoms with Crippen molar-refractivity contribution in [3.8, 4) is 5.69 Å². The Morgan fingerprint density at radius 1 is 1.17 bits per heavy atom. The van der Waals surface area contributed by atoms with Crippen LogP contribution in [-0.2, 0) is 0 Å². The first-order valence-corrected chi connectivity index (χ1v) is 7.45. The molecule has 1 amide bonds. The largest absolute Gasteiger partial charge is 0.271 e. The van der Waals surface area contributed by atoms with Crippen LogP contribution in [0, 0.1) is 0 Å². The van der Waals surface area contributed by atoms with Crippen molar-refractivity contribution < 1.29 is 4.79 Å². The van der Waals surface area contributed by atoms with Crippen LogP contribution in [0.3, 0.4) is 0 Å². The molecule has 3 aromatic rings. The Labute approximate surface area is 143 Å². The molecule has 7 nitrogen and oxygen atoms in total. The normalized spacial score (nSPS) is 11.3. The maximum absolute atomic E-state index is 12.0. The Hall–Kier alpha value is -3.06. The molecule has 0 bridgehead atoms. The van der Waals surface area contributed by atoms with E-state index >= 15 is 0 Å². The SMILES string of the molecule is C/C(=N\NC(=O)c1cccc(Cl)c1)c1ccc(-n2cnnn2)cc1. The standard InChI is InChI=1S/C16H13ClN6O/c1-11(19-20-16(24)13-3-2-4-14(17)9-13)12-5-7-15(8-6-12)23-10-18-21-22-23/h2-10H,1H3,(H,20,24)/b19-11+. The first kappa shape index (κ1) is 15.8. The van der Waals surface area contributed by atoms with Gasteiger partial charge in [-0.25, -0.2) is 10.1 Å². The number of carbonyl (C=O) groups excluding carboxylic acids is 1. The van der Waals surface area contributed by atoms with E-state index in [2.05, 4.69) is 26.1 Å². The zero-order valence-electron chi connectivity index (χ0n) is 12.7. The number of nitrogens with one attached hydrogen (secondary N) is 1. The fourth-order valence-corrected chi connectivity index (χ4v) is 2.22. The minimum atomic E-state index is -0.317. The van der Waals surface area contributed by atoms with Crippen molar-refractivity contribution in [2.45, 2.75) is 6.92 Å². The number of carbonyl (C=O) groups is 1. The van der Waals surface area contributed by atoms with Gasteiger partial charge in [-0.3, -0.25) is 4.79 Å². The molecule has 8 heteroatoms. The van der Waals surface area contributed by atoms with Crippen LogP contribution < -0.4 is 5.43 Å². The third-order valence-corrected chi connectivity index (χ3v) is 3.55. The van der Waals surface area contributed by atoms with E-state index in [0.717, 1.165) is 11.3 Å². The molecule has 0 aliphatic carbocycles. The van der Waals surface area contributed by atoms with Crippen molar-refractivity contribution in [1.82, 2.24) is 25.6 Å². The molecule has 3 rings (SSSR count). The van der Waals surface area contributed by atoms with Gasteiger partial charge < -0.3 is 0 Å². The number of rotatable bonds is 4. The van der Waals surface area contributed by atoms with Gasteiger partial charge in [-0.2, -0.15) is 5.10 Å². The highest BCUT2D eigenvalue weighted by atomic mass is 35.5. The molecule has 0 atom stereocenters. The van der Waals surface area contributed by atoms with Gasteiger partial charge in [0.1, 0.15) is 6.33 Å². The zero-order chi connectivity index (χ0) is 16.9. The van der Waals surface area contributed by atoms with Crippen LogP contribution in [0.4, 0.5) is 0 Å². The summed E-state index contributed by atoms with van der Waals surface area (Å²) in [5.74, 6) is -0.317. The maximum Gasteiger partial charge on any atom is 0.271 e. The Bertz CT molecular complexity index is 874. The van der Waals surface area contributed by atoms with E-state index in [1.165, 1.54) is 6.33 Å². The van der Waals surface area contributed by atoms with Crippen molar-refractivity contribution in [2.24, 2.45) is 5.10 Å². The van der Waals surface area contributed by atoms with Crippen LogP contribution in [0.25, 0.3) is 5.69 Å². The van der Waals surface area contributed by atoms with Crippen molar-refractivity contribution in [1.29, 1.82) is 0 Å². The van der Waals surface area contributed by atoms with Gasteiger partial charge in [-0.1, -0.05) is 29.8 Å². The maximum atomic E-state index is 12.0. The predicted molar refractivity (Wildman–Crippen MR) is 90.3 cm³/mol. The van der Waals surface area contributed by atoms with Crippen molar-refractivity contribution >= 4 is 23.2 Å². The summed E-state index contributed by atoms with van der Waals surface area (Å²) in [6.45, 7) is 1.81. The average Bonchev–Trinajstić information content (AvgIpc) is 3.14. The number of hydrogen-bond acceptors (Lipinski definition) is 5. The lowest BCUT2D eigenvalue weighted by molar-refractivity contribution is 0.0955. The van der Waals surface area contributed by atoms with E-state index in [4.69, 9.17) is 11.6 Å². The number of benzene rings is 2. The van der Waals surface area contributed by atoms with E-state index < -0.39 is 0 Å². The van der Waals surface area contributed by atoms with Crippen molar-refractivity contribution in [3.63, 3.8) is 0 Å². The molecule has 0 unspecified atom stereocenters. The van der Waals surface area contributed by atoms with E-state index in [0.29, 0.717) is 16.3 Å². The Morgan fingerprint density at radius 3 is 2.62 bits per heavy atom. The first-order chi connectivity index (χ1) is 11.6. The summed E-state index contributed by atoms with van der Waals surface area (Å²) >= 11 is 5.87. The highest BCUT2D eigenvalue weighted by Gasteiger charge is 2.06. The molecule has 0 saturated heterocycles. The zero-order valence-corrected chi connectivity index (χ0v) is 13.5. The molecular formula is C16H13ClN6O. The summed E-state index contributed by atoms with van der Waals surface area (Å²) in [4.78, 5) is 12.0. The molecule has 0 aliphatic heterocycles. The highest BCUT2D eigenvalue weighted by molar-refractivity contribution is 6.30. The minimum Gasteiger partial charge on any atom is -0.267 e. The second kappa shape index (κ2) is 7.01. The minimum absolute atomic E-state index is 0.317. The third kappa shape index (κ3) is 3.64. The van der Waals surface area contributed by atoms with E-state index in [9.17, 15) is 4.79 Å². The molecule has 2 aromatic carbocycles. The summed E-state index contributed by atoms with van der Waals surface area (Å²) in [6, 6.07) is 14.2.